The van der Waals surface area contributed by atoms with Crippen molar-refractivity contribution in [2.45, 2.75) is 38.0 Å². The number of furan rings is 1. The molecule has 0 aromatic carbocycles. The molecule has 0 unspecified atom stereocenters. The minimum atomic E-state index is -5.08. The Morgan fingerprint density at radius 2 is 1.55 bits per heavy atom. The molecule has 2 atom stereocenters. The molecule has 9 nitrogen and oxygen atoms in total. The number of aromatic nitrogens is 1. The van der Waals surface area contributed by atoms with Gasteiger partial charge in [-0.1, -0.05) is 6.07 Å². The Bertz CT molecular complexity index is 964. The molecule has 0 radical (unpaired) electrons. The first-order chi connectivity index (χ1) is 17.8. The number of aliphatic carboxylic acids is 2. The summed E-state index contributed by atoms with van der Waals surface area (Å²) in [5.74, 6) is -4.88. The summed E-state index contributed by atoms with van der Waals surface area (Å²) in [6.07, 6.45) is -1.22. The fourth-order valence-electron chi connectivity index (χ4n) is 3.86. The Hall–Kier alpha value is -3.17. The zero-order chi connectivity index (χ0) is 28.3. The summed E-state index contributed by atoms with van der Waals surface area (Å²) >= 11 is 0. The average Bonchev–Trinajstić information content (AvgIpc) is 3.25. The molecule has 2 fully saturated rings. The van der Waals surface area contributed by atoms with Crippen LogP contribution in [-0.2, 0) is 27.4 Å². The van der Waals surface area contributed by atoms with Gasteiger partial charge in [0.25, 0.3) is 0 Å². The summed E-state index contributed by atoms with van der Waals surface area (Å²) in [5, 5.41) is 14.2. The van der Waals surface area contributed by atoms with E-state index in [0.717, 1.165) is 45.9 Å². The van der Waals surface area contributed by atoms with Crippen molar-refractivity contribution in [1.29, 1.82) is 0 Å². The normalized spacial score (nSPS) is 20.6. The van der Waals surface area contributed by atoms with Crippen LogP contribution in [-0.4, -0.2) is 88.2 Å². The molecule has 4 rings (SSSR count). The zero-order valence-electron chi connectivity index (χ0n) is 20.0. The molecule has 2 aliphatic heterocycles. The van der Waals surface area contributed by atoms with E-state index < -0.39 is 24.3 Å². The van der Waals surface area contributed by atoms with Gasteiger partial charge in [-0.15, -0.1) is 0 Å². The van der Waals surface area contributed by atoms with Crippen LogP contribution in [0.15, 0.2) is 47.5 Å². The van der Waals surface area contributed by atoms with Crippen molar-refractivity contribution in [3.05, 3.63) is 54.2 Å². The minimum absolute atomic E-state index is 0.351. The molecule has 4 heterocycles. The van der Waals surface area contributed by atoms with Crippen molar-refractivity contribution < 1.29 is 55.3 Å². The molecule has 2 N–H and O–H groups in total. The lowest BCUT2D eigenvalue weighted by Gasteiger charge is -2.37. The van der Waals surface area contributed by atoms with E-state index in [1.165, 1.54) is 17.5 Å². The van der Waals surface area contributed by atoms with Gasteiger partial charge in [0.2, 0.25) is 0 Å². The number of pyridine rings is 1. The quantitative estimate of drug-likeness (QED) is 0.546. The van der Waals surface area contributed by atoms with Crippen LogP contribution in [0.2, 0.25) is 0 Å². The Labute approximate surface area is 213 Å². The summed E-state index contributed by atoms with van der Waals surface area (Å²) in [4.78, 5) is 27.0. The first-order valence-electron chi connectivity index (χ1n) is 11.3. The second kappa shape index (κ2) is 14.1. The lowest BCUT2D eigenvalue weighted by molar-refractivity contribution is -0.193. The predicted molar refractivity (Wildman–Crippen MR) is 119 cm³/mol. The molecule has 0 aliphatic carbocycles. The van der Waals surface area contributed by atoms with Gasteiger partial charge < -0.3 is 19.4 Å². The summed E-state index contributed by atoms with van der Waals surface area (Å²) in [6, 6.07) is 6.22. The monoisotopic (exact) mass is 555 g/mol. The predicted octanol–water partition coefficient (Wildman–Crippen LogP) is 3.66. The van der Waals surface area contributed by atoms with Crippen LogP contribution < -0.4 is 0 Å². The molecule has 2 aliphatic rings. The maximum atomic E-state index is 10.6. The van der Waals surface area contributed by atoms with E-state index in [0.29, 0.717) is 12.0 Å². The van der Waals surface area contributed by atoms with Gasteiger partial charge in [-0.3, -0.25) is 14.8 Å². The van der Waals surface area contributed by atoms with Gasteiger partial charge in [0, 0.05) is 56.6 Å². The fraction of sp³-hybridized carbons (Fsp3) is 0.522. The van der Waals surface area contributed by atoms with Gasteiger partial charge in [0.05, 0.1) is 25.2 Å². The molecule has 2 aromatic rings. The van der Waals surface area contributed by atoms with E-state index in [2.05, 4.69) is 26.9 Å². The van der Waals surface area contributed by atoms with Gasteiger partial charge >= 0.3 is 24.3 Å². The summed E-state index contributed by atoms with van der Waals surface area (Å²) in [6.45, 7) is 7.04. The van der Waals surface area contributed by atoms with Crippen LogP contribution >= 0.6 is 0 Å². The smallest absolute Gasteiger partial charge is 0.475 e. The highest BCUT2D eigenvalue weighted by Crippen LogP contribution is 2.26. The van der Waals surface area contributed by atoms with Crippen LogP contribution in [0.4, 0.5) is 26.3 Å². The van der Waals surface area contributed by atoms with Crippen molar-refractivity contribution in [1.82, 2.24) is 14.8 Å². The van der Waals surface area contributed by atoms with Crippen molar-refractivity contribution >= 4 is 11.9 Å². The molecule has 0 bridgehead atoms. The number of hydrogen-bond donors (Lipinski definition) is 2. The molecule has 2 saturated heterocycles. The third kappa shape index (κ3) is 11.1. The first kappa shape index (κ1) is 31.1. The molecule has 0 amide bonds. The van der Waals surface area contributed by atoms with Gasteiger partial charge in [-0.05, 0) is 30.7 Å². The number of hydrogen-bond acceptors (Lipinski definition) is 7. The Balaban J connectivity index is 0.000000301. The summed E-state index contributed by atoms with van der Waals surface area (Å²) in [7, 11) is 0. The second-order valence-corrected chi connectivity index (χ2v) is 8.53. The maximum absolute atomic E-state index is 10.6. The number of ether oxygens (including phenoxy) is 1. The zero-order valence-corrected chi connectivity index (χ0v) is 20.0. The first-order valence-corrected chi connectivity index (χ1v) is 11.3. The van der Waals surface area contributed by atoms with Crippen LogP contribution in [0.25, 0.3) is 0 Å². The lowest BCUT2D eigenvalue weighted by atomic mass is 9.93. The SMILES string of the molecule is O=C(O)C(F)(F)F.O=C(O)C(F)(F)F.c1cncc(CN2CCO[C@@H]3CN(Cc4ccoc4)CC[C@@H]3C2)c1. The largest absolute Gasteiger partial charge is 0.490 e. The van der Waals surface area contributed by atoms with E-state index in [4.69, 9.17) is 29.0 Å². The number of halogens is 6. The van der Waals surface area contributed by atoms with E-state index in [-0.39, 0.29) is 0 Å². The number of nitrogens with zero attached hydrogens (tertiary/aromatic N) is 3. The molecule has 0 spiro atoms. The number of carbonyl (C=O) groups is 2. The minimum Gasteiger partial charge on any atom is -0.475 e. The molecule has 0 saturated carbocycles. The van der Waals surface area contributed by atoms with Gasteiger partial charge in [-0.25, -0.2) is 9.59 Å². The topological polar surface area (TPSA) is 116 Å². The Kier molecular flexibility index (Phi) is 11.5. The van der Waals surface area contributed by atoms with Crippen LogP contribution in [0.3, 0.4) is 0 Å². The van der Waals surface area contributed by atoms with Gasteiger partial charge in [0.1, 0.15) is 0 Å². The van der Waals surface area contributed by atoms with Crippen LogP contribution in [0, 0.1) is 5.92 Å². The van der Waals surface area contributed by atoms with Crippen molar-refractivity contribution in [3.63, 3.8) is 0 Å². The molecule has 2 aromatic heterocycles. The summed E-state index contributed by atoms with van der Waals surface area (Å²) < 4.78 is 74.9. The van der Waals surface area contributed by atoms with E-state index in [9.17, 15) is 26.3 Å². The average molecular weight is 555 g/mol. The molecule has 212 valence electrons. The van der Waals surface area contributed by atoms with E-state index in [1.807, 2.05) is 24.7 Å². The number of carboxylic acids is 2. The Morgan fingerprint density at radius 3 is 2.08 bits per heavy atom. The third-order valence-electron chi connectivity index (χ3n) is 5.61. The standard InChI is InChI=1S/C19H25N3O2.2C2HF3O2/c1-2-16(10-20-5-1)11-22-7-9-24-19-14-21(6-3-18(19)13-22)12-17-4-8-23-15-17;2*3-2(4,5)1(6)7/h1-2,4-5,8,10,15,18-19H,3,6-7,9,11-14H2;2*(H,6,7)/t18-,19-;;/m1../s1. The summed E-state index contributed by atoms with van der Waals surface area (Å²) in [5.41, 5.74) is 2.54. The second-order valence-electron chi connectivity index (χ2n) is 8.53. The highest BCUT2D eigenvalue weighted by Gasteiger charge is 2.39. The van der Waals surface area contributed by atoms with Gasteiger partial charge in [-0.2, -0.15) is 26.3 Å². The molecule has 38 heavy (non-hydrogen) atoms. The molecular formula is C23H27F6N3O6. The lowest BCUT2D eigenvalue weighted by Crippen LogP contribution is -2.46. The van der Waals surface area contributed by atoms with Crippen molar-refractivity contribution in [2.75, 3.05) is 32.8 Å². The van der Waals surface area contributed by atoms with Crippen LogP contribution in [0.5, 0.6) is 0 Å². The van der Waals surface area contributed by atoms with Crippen molar-refractivity contribution in [2.24, 2.45) is 5.92 Å². The van der Waals surface area contributed by atoms with Crippen LogP contribution in [0.1, 0.15) is 17.5 Å². The molecular weight excluding hydrogens is 528 g/mol. The maximum Gasteiger partial charge on any atom is 0.490 e. The number of alkyl halides is 6. The third-order valence-corrected chi connectivity index (χ3v) is 5.61. The fourth-order valence-corrected chi connectivity index (χ4v) is 3.86. The number of piperidine rings is 1. The van der Waals surface area contributed by atoms with Crippen molar-refractivity contribution in [3.8, 4) is 0 Å². The number of likely N-dealkylation sites (tertiary alicyclic amines) is 1. The van der Waals surface area contributed by atoms with Gasteiger partial charge in [0.15, 0.2) is 0 Å². The molecule has 15 heteroatoms. The Morgan fingerprint density at radius 1 is 0.947 bits per heavy atom. The highest BCUT2D eigenvalue weighted by atomic mass is 19.4. The number of carboxylic acid groups (broad SMARTS) is 2. The van der Waals surface area contributed by atoms with E-state index in [1.54, 1.807) is 6.26 Å². The highest BCUT2D eigenvalue weighted by molar-refractivity contribution is 5.73. The van der Waals surface area contributed by atoms with E-state index >= 15 is 0 Å². The number of rotatable bonds is 4. The number of fused-ring (bicyclic) bond motifs is 1.